The van der Waals surface area contributed by atoms with Crippen LogP contribution >= 0.6 is 34.8 Å². The Bertz CT molecular complexity index is 1200. The van der Waals surface area contributed by atoms with Crippen LogP contribution in [0.4, 0.5) is 0 Å². The fourth-order valence-electron chi connectivity index (χ4n) is 4.00. The standard InChI is InChI=1S/C23H17Cl3N2O3/c1-30-15-5-2-12(3-6-15)19-11-20-16-8-13(24)4-7-21(16)31-23(28(20)27-19)17-9-14(25)10-18(26)22(17)29/h2-10,20,23,29H,11H2,1H3/t20-,23+/m1/s1. The molecule has 0 saturated heterocycles. The normalized spacial score (nSPS) is 19.4. The van der Waals surface area contributed by atoms with Gasteiger partial charge < -0.3 is 14.6 Å². The topological polar surface area (TPSA) is 54.3 Å². The maximum Gasteiger partial charge on any atom is 0.217 e. The molecule has 31 heavy (non-hydrogen) atoms. The van der Waals surface area contributed by atoms with Crippen LogP contribution in [0, 0.1) is 0 Å². The average Bonchev–Trinajstić information content (AvgIpc) is 3.22. The van der Waals surface area contributed by atoms with Crippen molar-refractivity contribution >= 4 is 40.5 Å². The molecular formula is C23H17Cl3N2O3. The highest BCUT2D eigenvalue weighted by molar-refractivity contribution is 6.35. The number of benzene rings is 3. The summed E-state index contributed by atoms with van der Waals surface area (Å²) in [5.41, 5.74) is 3.25. The monoisotopic (exact) mass is 474 g/mol. The predicted molar refractivity (Wildman–Crippen MR) is 122 cm³/mol. The molecule has 158 valence electrons. The molecular weight excluding hydrogens is 459 g/mol. The number of hydrogen-bond donors (Lipinski definition) is 1. The second kappa shape index (κ2) is 7.83. The molecule has 0 amide bonds. The maximum absolute atomic E-state index is 10.6. The molecule has 2 aliphatic rings. The number of halogens is 3. The third-order valence-corrected chi connectivity index (χ3v) is 6.24. The zero-order valence-corrected chi connectivity index (χ0v) is 18.6. The summed E-state index contributed by atoms with van der Waals surface area (Å²) in [6.07, 6.45) is -0.0557. The molecule has 0 aliphatic carbocycles. The first kappa shape index (κ1) is 20.3. The van der Waals surface area contributed by atoms with Crippen LogP contribution in [0.15, 0.2) is 59.7 Å². The molecule has 1 N–H and O–H groups in total. The predicted octanol–water partition coefficient (Wildman–Crippen LogP) is 6.60. The van der Waals surface area contributed by atoms with Gasteiger partial charge in [-0.3, -0.25) is 0 Å². The third-order valence-electron chi connectivity index (χ3n) is 5.50. The number of aromatic hydroxyl groups is 1. The lowest BCUT2D eigenvalue weighted by Crippen LogP contribution is -2.33. The van der Waals surface area contributed by atoms with E-state index in [9.17, 15) is 5.11 Å². The lowest BCUT2D eigenvalue weighted by molar-refractivity contribution is -0.0203. The van der Waals surface area contributed by atoms with E-state index in [1.807, 2.05) is 41.4 Å². The molecule has 0 aromatic heterocycles. The fourth-order valence-corrected chi connectivity index (χ4v) is 4.69. The van der Waals surface area contributed by atoms with E-state index in [0.717, 1.165) is 22.6 Å². The quantitative estimate of drug-likeness (QED) is 0.463. The van der Waals surface area contributed by atoms with Crippen molar-refractivity contribution in [3.8, 4) is 17.2 Å². The Morgan fingerprint density at radius 2 is 1.74 bits per heavy atom. The van der Waals surface area contributed by atoms with Gasteiger partial charge in [-0.2, -0.15) is 5.10 Å². The lowest BCUT2D eigenvalue weighted by atomic mass is 9.95. The maximum atomic E-state index is 10.6. The van der Waals surface area contributed by atoms with Gasteiger partial charge in [-0.05, 0) is 60.2 Å². The van der Waals surface area contributed by atoms with Gasteiger partial charge in [-0.15, -0.1) is 0 Å². The number of phenolic OH excluding ortho intramolecular Hbond substituents is 1. The summed E-state index contributed by atoms with van der Waals surface area (Å²) in [5, 5.41) is 18.5. The van der Waals surface area contributed by atoms with E-state index >= 15 is 0 Å². The molecule has 0 unspecified atom stereocenters. The molecule has 0 saturated carbocycles. The molecule has 0 bridgehead atoms. The van der Waals surface area contributed by atoms with Crippen LogP contribution in [0.25, 0.3) is 0 Å². The van der Waals surface area contributed by atoms with E-state index in [1.54, 1.807) is 19.2 Å². The average molecular weight is 476 g/mol. The number of hydrazone groups is 1. The molecule has 3 aromatic rings. The summed E-state index contributed by atoms with van der Waals surface area (Å²) in [7, 11) is 1.63. The first-order valence-corrected chi connectivity index (χ1v) is 10.7. The van der Waals surface area contributed by atoms with Crippen molar-refractivity contribution < 1.29 is 14.6 Å². The molecule has 0 spiro atoms. The number of phenols is 1. The molecule has 5 rings (SSSR count). The van der Waals surface area contributed by atoms with Crippen LogP contribution in [-0.2, 0) is 0 Å². The van der Waals surface area contributed by atoms with Gasteiger partial charge in [-0.25, -0.2) is 5.01 Å². The molecule has 2 atom stereocenters. The molecule has 5 nitrogen and oxygen atoms in total. The minimum atomic E-state index is -0.703. The molecule has 2 heterocycles. The number of methoxy groups -OCH3 is 1. The van der Waals surface area contributed by atoms with Gasteiger partial charge in [0.05, 0.1) is 29.4 Å². The largest absolute Gasteiger partial charge is 0.506 e. The van der Waals surface area contributed by atoms with Crippen molar-refractivity contribution in [3.05, 3.63) is 86.4 Å². The van der Waals surface area contributed by atoms with Crippen molar-refractivity contribution in [1.29, 1.82) is 0 Å². The van der Waals surface area contributed by atoms with Crippen molar-refractivity contribution in [3.63, 3.8) is 0 Å². The highest BCUT2D eigenvalue weighted by Crippen LogP contribution is 2.50. The fraction of sp³-hybridized carbons (Fsp3) is 0.174. The number of fused-ring (bicyclic) bond motifs is 3. The summed E-state index contributed by atoms with van der Waals surface area (Å²) in [6, 6.07) is 16.3. The Balaban J connectivity index is 1.62. The SMILES string of the molecule is COc1ccc(C2=NN3[C@H](C2)c2cc(Cl)ccc2O[C@H]3c2cc(Cl)cc(Cl)c2O)cc1. The summed E-state index contributed by atoms with van der Waals surface area (Å²) >= 11 is 18.7. The van der Waals surface area contributed by atoms with Gasteiger partial charge in [0, 0.05) is 22.0 Å². The number of nitrogens with zero attached hydrogens (tertiary/aromatic N) is 2. The molecule has 0 fully saturated rings. The smallest absolute Gasteiger partial charge is 0.217 e. The Kier molecular flexibility index (Phi) is 5.13. The minimum absolute atomic E-state index is 0.0830. The van der Waals surface area contributed by atoms with Crippen LogP contribution in [0.3, 0.4) is 0 Å². The molecule has 8 heteroatoms. The first-order chi connectivity index (χ1) is 14.9. The van der Waals surface area contributed by atoms with E-state index < -0.39 is 6.23 Å². The second-order valence-corrected chi connectivity index (χ2v) is 8.63. The van der Waals surface area contributed by atoms with Crippen molar-refractivity contribution in [1.82, 2.24) is 5.01 Å². The van der Waals surface area contributed by atoms with Crippen LogP contribution in [0.1, 0.15) is 35.4 Å². The highest BCUT2D eigenvalue weighted by Gasteiger charge is 2.42. The van der Waals surface area contributed by atoms with E-state index in [-0.39, 0.29) is 16.8 Å². The van der Waals surface area contributed by atoms with Crippen LogP contribution in [0.2, 0.25) is 15.1 Å². The molecule has 0 radical (unpaired) electrons. The third kappa shape index (κ3) is 3.57. The van der Waals surface area contributed by atoms with Gasteiger partial charge in [0.25, 0.3) is 0 Å². The Labute approximate surface area is 194 Å². The highest BCUT2D eigenvalue weighted by atomic mass is 35.5. The molecule has 3 aromatic carbocycles. The Morgan fingerprint density at radius 1 is 1.00 bits per heavy atom. The number of rotatable bonds is 3. The van der Waals surface area contributed by atoms with Crippen molar-refractivity contribution in [2.45, 2.75) is 18.7 Å². The van der Waals surface area contributed by atoms with Gasteiger partial charge in [0.15, 0.2) is 0 Å². The van der Waals surface area contributed by atoms with Crippen molar-refractivity contribution in [2.75, 3.05) is 7.11 Å². The summed E-state index contributed by atoms with van der Waals surface area (Å²) in [4.78, 5) is 0. The van der Waals surface area contributed by atoms with E-state index in [1.165, 1.54) is 6.07 Å². The summed E-state index contributed by atoms with van der Waals surface area (Å²) in [5.74, 6) is 1.37. The minimum Gasteiger partial charge on any atom is -0.506 e. The number of ether oxygens (including phenoxy) is 2. The van der Waals surface area contributed by atoms with Gasteiger partial charge in [0.1, 0.15) is 17.2 Å². The second-order valence-electron chi connectivity index (χ2n) is 7.35. The zero-order chi connectivity index (χ0) is 21.7. The van der Waals surface area contributed by atoms with Crippen LogP contribution in [-0.4, -0.2) is 22.9 Å². The Hall–Kier alpha value is -2.60. The van der Waals surface area contributed by atoms with Gasteiger partial charge in [-0.1, -0.05) is 34.8 Å². The van der Waals surface area contributed by atoms with E-state index in [4.69, 9.17) is 49.4 Å². The van der Waals surface area contributed by atoms with Gasteiger partial charge in [0.2, 0.25) is 6.23 Å². The van der Waals surface area contributed by atoms with Crippen LogP contribution < -0.4 is 9.47 Å². The number of hydrogen-bond acceptors (Lipinski definition) is 5. The Morgan fingerprint density at radius 3 is 2.48 bits per heavy atom. The van der Waals surface area contributed by atoms with Gasteiger partial charge >= 0.3 is 0 Å². The zero-order valence-electron chi connectivity index (χ0n) is 16.3. The van der Waals surface area contributed by atoms with E-state index in [0.29, 0.717) is 27.8 Å². The van der Waals surface area contributed by atoms with Crippen LogP contribution in [0.5, 0.6) is 17.2 Å². The van der Waals surface area contributed by atoms with E-state index in [2.05, 4.69) is 0 Å². The summed E-state index contributed by atoms with van der Waals surface area (Å²) < 4.78 is 11.5. The molecule has 2 aliphatic heterocycles. The van der Waals surface area contributed by atoms with Crippen molar-refractivity contribution in [2.24, 2.45) is 5.10 Å². The first-order valence-electron chi connectivity index (χ1n) is 9.59. The lowest BCUT2D eigenvalue weighted by Gasteiger charge is -2.38. The summed E-state index contributed by atoms with van der Waals surface area (Å²) in [6.45, 7) is 0.